The SMILES string of the molecule is Cc1noc(C)c1C(C)CNC1CCC1. The van der Waals surface area contributed by atoms with E-state index in [0.717, 1.165) is 24.0 Å². The minimum absolute atomic E-state index is 0.497. The van der Waals surface area contributed by atoms with Crippen molar-refractivity contribution < 1.29 is 4.52 Å². The van der Waals surface area contributed by atoms with Crippen LogP contribution in [0, 0.1) is 13.8 Å². The lowest BCUT2D eigenvalue weighted by Crippen LogP contribution is -2.37. The van der Waals surface area contributed by atoms with Gasteiger partial charge < -0.3 is 9.84 Å². The van der Waals surface area contributed by atoms with Gasteiger partial charge in [-0.3, -0.25) is 0 Å². The number of hydrogen-bond donors (Lipinski definition) is 1. The fourth-order valence-electron chi connectivity index (χ4n) is 2.25. The van der Waals surface area contributed by atoms with Crippen LogP contribution in [-0.4, -0.2) is 17.7 Å². The third-order valence-electron chi connectivity index (χ3n) is 3.40. The summed E-state index contributed by atoms with van der Waals surface area (Å²) in [4.78, 5) is 0. The van der Waals surface area contributed by atoms with Gasteiger partial charge in [-0.05, 0) is 32.6 Å². The van der Waals surface area contributed by atoms with Gasteiger partial charge in [0.2, 0.25) is 0 Å². The zero-order valence-electron chi connectivity index (χ0n) is 9.84. The van der Waals surface area contributed by atoms with Crippen LogP contribution in [0.15, 0.2) is 4.52 Å². The summed E-state index contributed by atoms with van der Waals surface area (Å²) in [6.45, 7) is 7.28. The zero-order valence-corrected chi connectivity index (χ0v) is 9.84. The van der Waals surface area contributed by atoms with E-state index in [0.29, 0.717) is 5.92 Å². The topological polar surface area (TPSA) is 38.1 Å². The third kappa shape index (κ3) is 2.23. The van der Waals surface area contributed by atoms with Crippen LogP contribution < -0.4 is 5.32 Å². The van der Waals surface area contributed by atoms with Gasteiger partial charge in [0.05, 0.1) is 5.69 Å². The first-order chi connectivity index (χ1) is 7.18. The van der Waals surface area contributed by atoms with Crippen LogP contribution in [0.3, 0.4) is 0 Å². The van der Waals surface area contributed by atoms with Crippen LogP contribution in [0.1, 0.15) is 49.1 Å². The summed E-state index contributed by atoms with van der Waals surface area (Å²) in [5.74, 6) is 1.47. The Bertz CT molecular complexity index is 309. The molecule has 1 heterocycles. The molecule has 0 bridgehead atoms. The smallest absolute Gasteiger partial charge is 0.137 e. The molecule has 1 aromatic heterocycles. The van der Waals surface area contributed by atoms with E-state index in [2.05, 4.69) is 17.4 Å². The average Bonchev–Trinajstić information content (AvgIpc) is 2.43. The second-order valence-corrected chi connectivity index (χ2v) is 4.67. The summed E-state index contributed by atoms with van der Waals surface area (Å²) in [6, 6.07) is 0.757. The molecule has 3 nitrogen and oxygen atoms in total. The molecule has 1 saturated carbocycles. The first-order valence-corrected chi connectivity index (χ1v) is 5.84. The van der Waals surface area contributed by atoms with Gasteiger partial charge >= 0.3 is 0 Å². The second kappa shape index (κ2) is 4.35. The van der Waals surface area contributed by atoms with E-state index >= 15 is 0 Å². The minimum Gasteiger partial charge on any atom is -0.361 e. The summed E-state index contributed by atoms with van der Waals surface area (Å²) in [7, 11) is 0. The van der Waals surface area contributed by atoms with E-state index in [-0.39, 0.29) is 0 Å². The predicted molar refractivity (Wildman–Crippen MR) is 60.0 cm³/mol. The van der Waals surface area contributed by atoms with Crippen molar-refractivity contribution in [1.82, 2.24) is 10.5 Å². The van der Waals surface area contributed by atoms with E-state index in [1.807, 2.05) is 13.8 Å². The maximum absolute atomic E-state index is 5.19. The molecule has 1 fully saturated rings. The van der Waals surface area contributed by atoms with E-state index in [4.69, 9.17) is 4.52 Å². The summed E-state index contributed by atoms with van der Waals surface area (Å²) in [5, 5.41) is 7.59. The summed E-state index contributed by atoms with van der Waals surface area (Å²) >= 11 is 0. The lowest BCUT2D eigenvalue weighted by molar-refractivity contribution is 0.333. The molecule has 0 saturated heterocycles. The van der Waals surface area contributed by atoms with Crippen LogP contribution in [0.4, 0.5) is 0 Å². The zero-order chi connectivity index (χ0) is 10.8. The Kier molecular flexibility index (Phi) is 3.10. The minimum atomic E-state index is 0.497. The van der Waals surface area contributed by atoms with E-state index < -0.39 is 0 Å². The fourth-order valence-corrected chi connectivity index (χ4v) is 2.25. The van der Waals surface area contributed by atoms with E-state index in [1.54, 1.807) is 0 Å². The molecule has 84 valence electrons. The summed E-state index contributed by atoms with van der Waals surface area (Å²) in [6.07, 6.45) is 4.07. The number of hydrogen-bond acceptors (Lipinski definition) is 3. The molecular weight excluding hydrogens is 188 g/mol. The van der Waals surface area contributed by atoms with Crippen LogP contribution in [0.5, 0.6) is 0 Å². The van der Waals surface area contributed by atoms with Crippen LogP contribution in [0.25, 0.3) is 0 Å². The molecule has 3 heteroatoms. The molecule has 1 N–H and O–H groups in total. The molecule has 1 atom stereocenters. The van der Waals surface area contributed by atoms with Gasteiger partial charge in [0, 0.05) is 18.2 Å². The fraction of sp³-hybridized carbons (Fsp3) is 0.750. The molecular formula is C12H20N2O. The van der Waals surface area contributed by atoms with Crippen molar-refractivity contribution >= 4 is 0 Å². The number of aromatic nitrogens is 1. The molecule has 1 aliphatic rings. The number of nitrogens with zero attached hydrogens (tertiary/aromatic N) is 1. The Morgan fingerprint density at radius 1 is 1.47 bits per heavy atom. The van der Waals surface area contributed by atoms with Crippen molar-refractivity contribution in [2.45, 2.75) is 52.0 Å². The summed E-state index contributed by atoms with van der Waals surface area (Å²) in [5.41, 5.74) is 2.32. The lowest BCUT2D eigenvalue weighted by atomic mass is 9.92. The maximum Gasteiger partial charge on any atom is 0.137 e. The quantitative estimate of drug-likeness (QED) is 0.826. The van der Waals surface area contributed by atoms with Crippen molar-refractivity contribution in [1.29, 1.82) is 0 Å². The Hall–Kier alpha value is -0.830. The first-order valence-electron chi connectivity index (χ1n) is 5.84. The first kappa shape index (κ1) is 10.7. The Morgan fingerprint density at radius 3 is 2.67 bits per heavy atom. The molecule has 0 amide bonds. The highest BCUT2D eigenvalue weighted by molar-refractivity contribution is 5.25. The average molecular weight is 208 g/mol. The predicted octanol–water partition coefficient (Wildman–Crippen LogP) is 2.54. The van der Waals surface area contributed by atoms with Crippen LogP contribution >= 0.6 is 0 Å². The second-order valence-electron chi connectivity index (χ2n) is 4.67. The molecule has 1 aromatic rings. The van der Waals surface area contributed by atoms with Gasteiger partial charge in [-0.1, -0.05) is 18.5 Å². The van der Waals surface area contributed by atoms with Gasteiger partial charge in [0.1, 0.15) is 5.76 Å². The van der Waals surface area contributed by atoms with E-state index in [1.165, 1.54) is 24.8 Å². The van der Waals surface area contributed by atoms with Crippen LogP contribution in [0.2, 0.25) is 0 Å². The number of rotatable bonds is 4. The third-order valence-corrected chi connectivity index (χ3v) is 3.40. The van der Waals surface area contributed by atoms with Crippen molar-refractivity contribution in [3.63, 3.8) is 0 Å². The van der Waals surface area contributed by atoms with Gasteiger partial charge in [0.25, 0.3) is 0 Å². The van der Waals surface area contributed by atoms with Crippen LogP contribution in [-0.2, 0) is 0 Å². The molecule has 0 radical (unpaired) electrons. The maximum atomic E-state index is 5.19. The van der Waals surface area contributed by atoms with Crippen molar-refractivity contribution in [3.8, 4) is 0 Å². The Labute approximate surface area is 91.2 Å². The molecule has 0 aromatic carbocycles. The highest BCUT2D eigenvalue weighted by Crippen LogP contribution is 2.24. The Morgan fingerprint density at radius 2 is 2.20 bits per heavy atom. The van der Waals surface area contributed by atoms with E-state index in [9.17, 15) is 0 Å². The largest absolute Gasteiger partial charge is 0.361 e. The number of nitrogens with one attached hydrogen (secondary N) is 1. The monoisotopic (exact) mass is 208 g/mol. The van der Waals surface area contributed by atoms with Crippen molar-refractivity contribution in [3.05, 3.63) is 17.0 Å². The van der Waals surface area contributed by atoms with Crippen molar-refractivity contribution in [2.24, 2.45) is 0 Å². The molecule has 2 rings (SSSR count). The van der Waals surface area contributed by atoms with Crippen molar-refractivity contribution in [2.75, 3.05) is 6.54 Å². The molecule has 0 spiro atoms. The number of aryl methyl sites for hydroxylation is 2. The molecule has 0 aliphatic heterocycles. The Balaban J connectivity index is 1.91. The normalized spacial score (nSPS) is 18.9. The highest BCUT2D eigenvalue weighted by atomic mass is 16.5. The summed E-state index contributed by atoms with van der Waals surface area (Å²) < 4.78 is 5.19. The molecule has 1 unspecified atom stereocenters. The van der Waals surface area contributed by atoms with Gasteiger partial charge in [-0.2, -0.15) is 0 Å². The highest BCUT2D eigenvalue weighted by Gasteiger charge is 2.20. The molecule has 1 aliphatic carbocycles. The standard InChI is InChI=1S/C12H20N2O/c1-8(7-13-11-5-4-6-11)12-9(2)14-15-10(12)3/h8,11,13H,4-7H2,1-3H3. The molecule has 15 heavy (non-hydrogen) atoms. The van der Waals surface area contributed by atoms with Gasteiger partial charge in [0.15, 0.2) is 0 Å². The lowest BCUT2D eigenvalue weighted by Gasteiger charge is -2.28. The van der Waals surface area contributed by atoms with Gasteiger partial charge in [-0.15, -0.1) is 0 Å². The van der Waals surface area contributed by atoms with Gasteiger partial charge in [-0.25, -0.2) is 0 Å².